The van der Waals surface area contributed by atoms with Gasteiger partial charge in [-0.25, -0.2) is 8.78 Å². The summed E-state index contributed by atoms with van der Waals surface area (Å²) in [5.41, 5.74) is 4.27. The maximum atomic E-state index is 13.5. The predicted molar refractivity (Wildman–Crippen MR) is 91.3 cm³/mol. The van der Waals surface area contributed by atoms with E-state index < -0.39 is 6.43 Å². The number of halogens is 2. The Labute approximate surface area is 136 Å². The first-order chi connectivity index (χ1) is 11.0. The quantitative estimate of drug-likeness (QED) is 0.796. The minimum atomic E-state index is -2.50. The van der Waals surface area contributed by atoms with Crippen LogP contribution in [-0.4, -0.2) is 23.4 Å². The molecule has 0 bridgehead atoms. The Morgan fingerprint density at radius 2 is 1.83 bits per heavy atom. The number of anilines is 1. The summed E-state index contributed by atoms with van der Waals surface area (Å²) < 4.78 is 28.6. The Kier molecular flexibility index (Phi) is 5.39. The third kappa shape index (κ3) is 3.38. The van der Waals surface area contributed by atoms with Crippen LogP contribution >= 0.6 is 0 Å². The zero-order valence-electron chi connectivity index (χ0n) is 14.5. The second-order valence-corrected chi connectivity index (χ2v) is 5.69. The second kappa shape index (κ2) is 7.11. The highest BCUT2D eigenvalue weighted by Gasteiger charge is 2.22. The van der Waals surface area contributed by atoms with Crippen molar-refractivity contribution in [3.8, 4) is 11.3 Å². The van der Waals surface area contributed by atoms with Crippen LogP contribution in [0.25, 0.3) is 11.3 Å². The Bertz CT molecular complexity index is 658. The number of nitrogens with zero attached hydrogens (tertiary/aromatic N) is 3. The number of hydrogen-bond acceptors (Lipinski definition) is 2. The van der Waals surface area contributed by atoms with E-state index in [9.17, 15) is 8.78 Å². The fourth-order valence-corrected chi connectivity index (χ4v) is 2.93. The molecule has 0 unspecified atom stereocenters. The van der Waals surface area contributed by atoms with Crippen LogP contribution in [0.3, 0.4) is 0 Å². The van der Waals surface area contributed by atoms with Gasteiger partial charge in [0.05, 0.1) is 5.69 Å². The normalized spacial score (nSPS) is 13.7. The lowest BCUT2D eigenvalue weighted by Crippen LogP contribution is -2.25. The Hall–Kier alpha value is -1.91. The molecule has 0 saturated carbocycles. The maximum Gasteiger partial charge on any atom is 0.264 e. The van der Waals surface area contributed by atoms with Gasteiger partial charge in [-0.15, -0.1) is 0 Å². The number of rotatable bonds is 2. The molecule has 3 rings (SSSR count). The lowest BCUT2D eigenvalue weighted by atomic mass is 9.94. The molecule has 1 aliphatic heterocycles. The van der Waals surface area contributed by atoms with Gasteiger partial charge in [0.25, 0.3) is 6.43 Å². The van der Waals surface area contributed by atoms with Crippen molar-refractivity contribution in [3.63, 3.8) is 0 Å². The summed E-state index contributed by atoms with van der Waals surface area (Å²) in [6.45, 7) is 6.84. The monoisotopic (exact) mass is 321 g/mol. The fourth-order valence-electron chi connectivity index (χ4n) is 2.93. The van der Waals surface area contributed by atoms with Crippen LogP contribution in [-0.2, 0) is 13.5 Å². The predicted octanol–water partition coefficient (Wildman–Crippen LogP) is 4.74. The Balaban J connectivity index is 0.000000924. The Morgan fingerprint density at radius 3 is 2.39 bits per heavy atom. The third-order valence-electron chi connectivity index (χ3n) is 4.23. The van der Waals surface area contributed by atoms with Crippen molar-refractivity contribution in [1.82, 2.24) is 9.78 Å². The van der Waals surface area contributed by atoms with E-state index in [0.29, 0.717) is 11.3 Å². The molecule has 0 atom stereocenters. The van der Waals surface area contributed by atoms with Gasteiger partial charge in [0.1, 0.15) is 0 Å². The van der Waals surface area contributed by atoms with Gasteiger partial charge in [0.2, 0.25) is 0 Å². The number of hydrogen-bond donors (Lipinski definition) is 0. The van der Waals surface area contributed by atoms with Crippen molar-refractivity contribution < 1.29 is 8.78 Å². The van der Waals surface area contributed by atoms with Crippen molar-refractivity contribution in [1.29, 1.82) is 0 Å². The van der Waals surface area contributed by atoms with Crippen LogP contribution in [0.5, 0.6) is 0 Å². The fraction of sp³-hybridized carbons (Fsp3) is 0.500. The zero-order valence-corrected chi connectivity index (χ0v) is 14.5. The molecule has 0 radical (unpaired) electrons. The van der Waals surface area contributed by atoms with Crippen LogP contribution in [0.2, 0.25) is 0 Å². The molecule has 0 fully saturated rings. The first kappa shape index (κ1) is 17.4. The molecule has 1 aromatic heterocycles. The van der Waals surface area contributed by atoms with Crippen LogP contribution < -0.4 is 4.90 Å². The van der Waals surface area contributed by atoms with E-state index in [1.165, 1.54) is 0 Å². The van der Waals surface area contributed by atoms with E-state index in [1.54, 1.807) is 10.7 Å². The summed E-state index contributed by atoms with van der Waals surface area (Å²) in [5.74, 6) is 0. The molecule has 3 nitrogen and oxygen atoms in total. The zero-order chi connectivity index (χ0) is 17.1. The molecule has 1 aromatic carbocycles. The first-order valence-corrected chi connectivity index (χ1v) is 8.14. The van der Waals surface area contributed by atoms with Gasteiger partial charge in [0.15, 0.2) is 0 Å². The molecular weight excluding hydrogens is 296 g/mol. The number of aromatic nitrogens is 2. The lowest BCUT2D eigenvalue weighted by Gasteiger charge is -2.29. The molecule has 0 aliphatic carbocycles. The van der Waals surface area contributed by atoms with Crippen molar-refractivity contribution in [3.05, 3.63) is 35.0 Å². The van der Waals surface area contributed by atoms with Crippen LogP contribution in [0.15, 0.2) is 18.2 Å². The molecule has 23 heavy (non-hydrogen) atoms. The van der Waals surface area contributed by atoms with Gasteiger partial charge in [-0.05, 0) is 43.5 Å². The van der Waals surface area contributed by atoms with E-state index in [4.69, 9.17) is 0 Å². The minimum Gasteiger partial charge on any atom is -0.374 e. The molecule has 0 N–H and O–H groups in total. The van der Waals surface area contributed by atoms with Crippen LogP contribution in [0.4, 0.5) is 14.5 Å². The molecule has 2 aromatic rings. The summed E-state index contributed by atoms with van der Waals surface area (Å²) in [7, 11) is 3.78. The highest BCUT2D eigenvalue weighted by Crippen LogP contribution is 2.38. The number of aryl methyl sites for hydroxylation is 3. The summed E-state index contributed by atoms with van der Waals surface area (Å²) in [4.78, 5) is 2.05. The molecule has 0 spiro atoms. The average Bonchev–Trinajstić information content (AvgIpc) is 2.88. The molecule has 1 aliphatic rings. The van der Waals surface area contributed by atoms with Gasteiger partial charge in [-0.3, -0.25) is 4.68 Å². The van der Waals surface area contributed by atoms with Crippen molar-refractivity contribution in [2.45, 2.75) is 40.0 Å². The number of fused-ring (bicyclic) bond motifs is 1. The summed E-state index contributed by atoms with van der Waals surface area (Å²) in [6.07, 6.45) is -0.511. The van der Waals surface area contributed by atoms with Crippen molar-refractivity contribution >= 4 is 5.69 Å². The third-order valence-corrected chi connectivity index (χ3v) is 4.23. The van der Waals surface area contributed by atoms with E-state index >= 15 is 0 Å². The van der Waals surface area contributed by atoms with Crippen molar-refractivity contribution in [2.75, 3.05) is 18.5 Å². The largest absolute Gasteiger partial charge is 0.374 e. The lowest BCUT2D eigenvalue weighted by molar-refractivity contribution is 0.152. The molecule has 0 saturated heterocycles. The average molecular weight is 321 g/mol. The highest BCUT2D eigenvalue weighted by atomic mass is 19.3. The van der Waals surface area contributed by atoms with Gasteiger partial charge >= 0.3 is 0 Å². The first-order valence-electron chi connectivity index (χ1n) is 8.14. The van der Waals surface area contributed by atoms with Gasteiger partial charge in [-0.1, -0.05) is 13.8 Å². The summed E-state index contributed by atoms with van der Waals surface area (Å²) in [5, 5.41) is 4.36. The molecule has 0 amide bonds. The standard InChI is InChI=1S/C16H19F2N3.C2H6/c1-10-7-14(19-21(10)3)12-8-11-5-4-6-20(2)15(11)9-13(12)16(17)18;1-2/h7-9,16H,4-6H2,1-3H3;1-2H3. The van der Waals surface area contributed by atoms with Gasteiger partial charge < -0.3 is 4.90 Å². The molecular formula is C18H25F2N3. The van der Waals surface area contributed by atoms with Gasteiger partial charge in [-0.2, -0.15) is 5.10 Å². The molecule has 5 heteroatoms. The smallest absolute Gasteiger partial charge is 0.264 e. The van der Waals surface area contributed by atoms with E-state index in [0.717, 1.165) is 36.3 Å². The van der Waals surface area contributed by atoms with E-state index in [1.807, 2.05) is 47.0 Å². The van der Waals surface area contributed by atoms with E-state index in [-0.39, 0.29) is 5.56 Å². The maximum absolute atomic E-state index is 13.5. The molecule has 2 heterocycles. The van der Waals surface area contributed by atoms with Crippen LogP contribution in [0, 0.1) is 6.92 Å². The second-order valence-electron chi connectivity index (χ2n) is 5.69. The van der Waals surface area contributed by atoms with Crippen LogP contribution in [0.1, 0.15) is 43.5 Å². The number of alkyl halides is 2. The van der Waals surface area contributed by atoms with Crippen molar-refractivity contribution in [2.24, 2.45) is 7.05 Å². The SMILES string of the molecule is CC.Cc1cc(-c2cc3c(cc2C(F)F)N(C)CCC3)nn1C. The topological polar surface area (TPSA) is 21.1 Å². The van der Waals surface area contributed by atoms with Gasteiger partial charge in [0, 0.05) is 43.1 Å². The Morgan fingerprint density at radius 1 is 1.13 bits per heavy atom. The highest BCUT2D eigenvalue weighted by molar-refractivity contribution is 5.72. The molecule has 126 valence electrons. The summed E-state index contributed by atoms with van der Waals surface area (Å²) in [6, 6.07) is 5.40. The van der Waals surface area contributed by atoms with E-state index in [2.05, 4.69) is 10.00 Å². The number of benzene rings is 1. The summed E-state index contributed by atoms with van der Waals surface area (Å²) >= 11 is 0. The minimum absolute atomic E-state index is 0.0700.